The first-order valence-corrected chi connectivity index (χ1v) is 15.1. The van der Waals surface area contributed by atoms with E-state index in [1.807, 2.05) is 54.6 Å². The Hall–Kier alpha value is -6.13. The van der Waals surface area contributed by atoms with Crippen molar-refractivity contribution >= 4 is 56.0 Å². The van der Waals surface area contributed by atoms with E-state index in [-0.39, 0.29) is 0 Å². The average Bonchev–Trinajstić information content (AvgIpc) is 3.54. The first-order valence-electron chi connectivity index (χ1n) is 15.1. The number of para-hydroxylation sites is 4. The van der Waals surface area contributed by atoms with Gasteiger partial charge in [0.15, 0.2) is 5.58 Å². The summed E-state index contributed by atoms with van der Waals surface area (Å²) in [7, 11) is 0. The topological polar surface area (TPSA) is 32.5 Å². The summed E-state index contributed by atoms with van der Waals surface area (Å²) in [5.74, 6) is 0.596. The maximum Gasteiger partial charge on any atom is 0.227 e. The van der Waals surface area contributed by atoms with Crippen molar-refractivity contribution in [3.8, 4) is 11.5 Å². The molecule has 0 aliphatic rings. The van der Waals surface area contributed by atoms with E-state index in [1.54, 1.807) is 0 Å². The molecule has 4 nitrogen and oxygen atoms in total. The molecule has 45 heavy (non-hydrogen) atoms. The first-order chi connectivity index (χ1) is 22.3. The number of oxazole rings is 1. The van der Waals surface area contributed by atoms with Gasteiger partial charge in [-0.15, -0.1) is 0 Å². The smallest absolute Gasteiger partial charge is 0.227 e. The molecule has 0 N–H and O–H groups in total. The number of nitrogens with zero attached hydrogens (tertiary/aromatic N) is 3. The molecule has 0 bridgehead atoms. The fraction of sp³-hybridized carbons (Fsp3) is 0. The molecule has 7 aromatic carbocycles. The highest BCUT2D eigenvalue weighted by Crippen LogP contribution is 2.46. The van der Waals surface area contributed by atoms with E-state index in [4.69, 9.17) is 9.40 Å². The van der Waals surface area contributed by atoms with Gasteiger partial charge < -0.3 is 14.2 Å². The Morgan fingerprint density at radius 1 is 0.422 bits per heavy atom. The molecule has 0 amide bonds. The van der Waals surface area contributed by atoms with E-state index in [9.17, 15) is 0 Å². The minimum atomic E-state index is 0.596. The van der Waals surface area contributed by atoms with Crippen LogP contribution < -0.4 is 9.80 Å². The zero-order chi connectivity index (χ0) is 30.0. The third-order valence-electron chi connectivity index (χ3n) is 8.01. The predicted molar refractivity (Wildman–Crippen MR) is 186 cm³/mol. The lowest BCUT2D eigenvalue weighted by molar-refractivity contribution is 0.620. The lowest BCUT2D eigenvalue weighted by Crippen LogP contribution is -2.12. The van der Waals surface area contributed by atoms with Crippen molar-refractivity contribution in [2.75, 3.05) is 9.80 Å². The van der Waals surface area contributed by atoms with E-state index in [2.05, 4.69) is 131 Å². The highest BCUT2D eigenvalue weighted by molar-refractivity contribution is 6.12. The summed E-state index contributed by atoms with van der Waals surface area (Å²) >= 11 is 0. The van der Waals surface area contributed by atoms with Crippen molar-refractivity contribution in [1.82, 2.24) is 4.98 Å². The van der Waals surface area contributed by atoms with Gasteiger partial charge >= 0.3 is 0 Å². The van der Waals surface area contributed by atoms with Gasteiger partial charge in [-0.1, -0.05) is 97.1 Å². The highest BCUT2D eigenvalue weighted by atomic mass is 16.3. The van der Waals surface area contributed by atoms with Crippen LogP contribution in [-0.2, 0) is 0 Å². The highest BCUT2D eigenvalue weighted by Gasteiger charge is 2.23. The van der Waals surface area contributed by atoms with Crippen LogP contribution in [-0.4, -0.2) is 4.98 Å². The number of anilines is 6. The zero-order valence-electron chi connectivity index (χ0n) is 24.5. The number of hydrogen-bond acceptors (Lipinski definition) is 4. The van der Waals surface area contributed by atoms with Gasteiger partial charge in [-0.2, -0.15) is 0 Å². The summed E-state index contributed by atoms with van der Waals surface area (Å²) in [6.45, 7) is 0. The van der Waals surface area contributed by atoms with Crippen LogP contribution in [0.5, 0.6) is 0 Å². The largest absolute Gasteiger partial charge is 0.436 e. The fourth-order valence-corrected chi connectivity index (χ4v) is 5.99. The first kappa shape index (κ1) is 26.5. The van der Waals surface area contributed by atoms with Crippen molar-refractivity contribution in [3.05, 3.63) is 176 Å². The quantitative estimate of drug-likeness (QED) is 0.188. The maximum absolute atomic E-state index is 6.54. The Balaban J connectivity index is 1.42. The normalized spacial score (nSPS) is 11.1. The van der Waals surface area contributed by atoms with Gasteiger partial charge in [-0.25, -0.2) is 4.98 Å². The van der Waals surface area contributed by atoms with E-state index in [0.29, 0.717) is 5.89 Å². The summed E-state index contributed by atoms with van der Waals surface area (Å²) in [6.07, 6.45) is 0. The number of rotatable bonds is 7. The molecule has 8 rings (SSSR count). The summed E-state index contributed by atoms with van der Waals surface area (Å²) in [5.41, 5.74) is 8.77. The second kappa shape index (κ2) is 11.5. The molecule has 4 heteroatoms. The van der Waals surface area contributed by atoms with Gasteiger partial charge in [-0.3, -0.25) is 0 Å². The van der Waals surface area contributed by atoms with Crippen molar-refractivity contribution in [1.29, 1.82) is 0 Å². The zero-order valence-corrected chi connectivity index (χ0v) is 24.5. The van der Waals surface area contributed by atoms with Gasteiger partial charge in [0.1, 0.15) is 5.52 Å². The van der Waals surface area contributed by atoms with Gasteiger partial charge in [0, 0.05) is 39.4 Å². The van der Waals surface area contributed by atoms with Crippen LogP contribution >= 0.6 is 0 Å². The molecule has 8 aromatic rings. The van der Waals surface area contributed by atoms with Crippen LogP contribution in [0.4, 0.5) is 34.1 Å². The van der Waals surface area contributed by atoms with Gasteiger partial charge in [-0.05, 0) is 84.2 Å². The molecule has 1 heterocycles. The van der Waals surface area contributed by atoms with Gasteiger partial charge in [0.25, 0.3) is 0 Å². The Kier molecular flexibility index (Phi) is 6.78. The predicted octanol–water partition coefficient (Wildman–Crippen LogP) is 11.6. The van der Waals surface area contributed by atoms with Crippen LogP contribution in [0.3, 0.4) is 0 Å². The van der Waals surface area contributed by atoms with Crippen LogP contribution in [0.25, 0.3) is 33.3 Å². The summed E-state index contributed by atoms with van der Waals surface area (Å²) in [6, 6.07) is 60.7. The monoisotopic (exact) mass is 579 g/mol. The number of hydrogen-bond donors (Lipinski definition) is 0. The number of fused-ring (bicyclic) bond motifs is 2. The van der Waals surface area contributed by atoms with Crippen LogP contribution in [0.15, 0.2) is 180 Å². The van der Waals surface area contributed by atoms with E-state index in [0.717, 1.165) is 61.6 Å². The number of benzene rings is 7. The van der Waals surface area contributed by atoms with Crippen molar-refractivity contribution in [3.63, 3.8) is 0 Å². The van der Waals surface area contributed by atoms with Crippen molar-refractivity contribution in [2.24, 2.45) is 0 Å². The maximum atomic E-state index is 6.54. The molecular formula is C41H29N3O. The third kappa shape index (κ3) is 4.98. The lowest BCUT2D eigenvalue weighted by Gasteiger charge is -2.28. The second-order valence-electron chi connectivity index (χ2n) is 10.9. The molecule has 0 radical (unpaired) electrons. The van der Waals surface area contributed by atoms with Crippen LogP contribution in [0, 0.1) is 0 Å². The average molecular weight is 580 g/mol. The summed E-state index contributed by atoms with van der Waals surface area (Å²) in [4.78, 5) is 9.71. The molecule has 0 aliphatic carbocycles. The minimum Gasteiger partial charge on any atom is -0.436 e. The molecule has 1 aromatic heterocycles. The molecule has 0 atom stereocenters. The molecule has 214 valence electrons. The van der Waals surface area contributed by atoms with Crippen molar-refractivity contribution in [2.45, 2.75) is 0 Å². The lowest BCUT2D eigenvalue weighted by atomic mass is 10.0. The molecule has 0 spiro atoms. The molecular weight excluding hydrogens is 550 g/mol. The SMILES string of the molecule is c1ccc(-c2nc3c(N(c4ccccc4)c4ccccc4)c4ccc(N(c5ccccc5)c5ccccc5)cc4cc3o2)cc1. The molecule has 0 saturated carbocycles. The van der Waals surface area contributed by atoms with E-state index >= 15 is 0 Å². The molecule has 0 unspecified atom stereocenters. The minimum absolute atomic E-state index is 0.596. The number of aromatic nitrogens is 1. The summed E-state index contributed by atoms with van der Waals surface area (Å²) < 4.78 is 6.54. The van der Waals surface area contributed by atoms with Crippen LogP contribution in [0.2, 0.25) is 0 Å². The third-order valence-corrected chi connectivity index (χ3v) is 8.01. The Morgan fingerprint density at radius 3 is 1.40 bits per heavy atom. The van der Waals surface area contributed by atoms with E-state index in [1.165, 1.54) is 0 Å². The Morgan fingerprint density at radius 2 is 0.889 bits per heavy atom. The molecule has 0 fully saturated rings. The molecule has 0 saturated heterocycles. The molecule has 0 aliphatic heterocycles. The van der Waals surface area contributed by atoms with Crippen molar-refractivity contribution < 1.29 is 4.42 Å². The van der Waals surface area contributed by atoms with Gasteiger partial charge in [0.05, 0.1) is 5.69 Å². The Bertz CT molecular complexity index is 2120. The van der Waals surface area contributed by atoms with E-state index < -0.39 is 0 Å². The summed E-state index contributed by atoms with van der Waals surface area (Å²) in [5, 5.41) is 2.13. The van der Waals surface area contributed by atoms with Gasteiger partial charge in [0.2, 0.25) is 5.89 Å². The second-order valence-corrected chi connectivity index (χ2v) is 10.9. The fourth-order valence-electron chi connectivity index (χ4n) is 5.99. The standard InChI is InChI=1S/C41H29N3O/c1-6-16-30(17-7-1)41-42-39-38(45-41)29-31-28-36(43(32-18-8-2-9-19-32)33-20-10-3-11-21-33)26-27-37(31)40(39)44(34-22-12-4-13-23-34)35-24-14-5-15-25-35/h1-29H. The van der Waals surface area contributed by atoms with Crippen LogP contribution in [0.1, 0.15) is 0 Å². The Labute approximate surface area is 262 Å².